The zero-order valence-electron chi connectivity index (χ0n) is 10.6. The van der Waals surface area contributed by atoms with Crippen molar-refractivity contribution >= 4 is 56.5 Å². The van der Waals surface area contributed by atoms with E-state index in [1.165, 1.54) is 6.07 Å². The summed E-state index contributed by atoms with van der Waals surface area (Å²) in [5.41, 5.74) is 1.35. The van der Waals surface area contributed by atoms with E-state index in [1.807, 2.05) is 10.8 Å². The Morgan fingerprint density at radius 1 is 1.55 bits per heavy atom. The number of carbonyl (C=O) groups is 1. The van der Waals surface area contributed by atoms with Gasteiger partial charge in [-0.3, -0.25) is 4.79 Å². The van der Waals surface area contributed by atoms with Gasteiger partial charge in [0.1, 0.15) is 5.82 Å². The van der Waals surface area contributed by atoms with Crippen molar-refractivity contribution in [2.45, 2.75) is 11.7 Å². The number of fused-ring (bicyclic) bond motifs is 1. The second kappa shape index (κ2) is 6.82. The van der Waals surface area contributed by atoms with E-state index in [1.54, 1.807) is 17.8 Å². The van der Waals surface area contributed by atoms with Gasteiger partial charge in [-0.2, -0.15) is 11.8 Å². The zero-order chi connectivity index (χ0) is 14.7. The Morgan fingerprint density at radius 2 is 2.30 bits per heavy atom. The van der Waals surface area contributed by atoms with Crippen molar-refractivity contribution in [3.8, 4) is 0 Å². The molecule has 0 amide bonds. The highest BCUT2D eigenvalue weighted by Gasteiger charge is 2.14. The number of hydrogen-bond acceptors (Lipinski definition) is 4. The van der Waals surface area contributed by atoms with Crippen molar-refractivity contribution in [1.82, 2.24) is 9.55 Å². The van der Waals surface area contributed by atoms with Crippen molar-refractivity contribution in [3.63, 3.8) is 0 Å². The summed E-state index contributed by atoms with van der Waals surface area (Å²) >= 11 is 6.01. The highest BCUT2D eigenvalue weighted by molar-refractivity contribution is 9.10. The number of nitrogens with zero attached hydrogens (tertiary/aromatic N) is 2. The summed E-state index contributed by atoms with van der Waals surface area (Å²) in [6.45, 7) is 0.706. The van der Waals surface area contributed by atoms with Gasteiger partial charge in [-0.25, -0.2) is 9.37 Å². The first kappa shape index (κ1) is 15.7. The zero-order valence-corrected chi connectivity index (χ0v) is 13.8. The van der Waals surface area contributed by atoms with Gasteiger partial charge in [0.15, 0.2) is 5.16 Å². The number of carboxylic acids is 1. The van der Waals surface area contributed by atoms with Gasteiger partial charge in [0.05, 0.1) is 21.3 Å². The summed E-state index contributed by atoms with van der Waals surface area (Å²) in [7, 11) is 0. The minimum absolute atomic E-state index is 0.0633. The number of halogens is 2. The monoisotopic (exact) mass is 378 g/mol. The van der Waals surface area contributed by atoms with Gasteiger partial charge >= 0.3 is 5.97 Å². The molecule has 0 unspecified atom stereocenters. The van der Waals surface area contributed by atoms with Crippen molar-refractivity contribution in [1.29, 1.82) is 0 Å². The lowest BCUT2D eigenvalue weighted by atomic mass is 10.3. The Kier molecular flexibility index (Phi) is 5.34. The molecule has 1 N–H and O–H groups in total. The summed E-state index contributed by atoms with van der Waals surface area (Å²) in [5, 5.41) is 9.38. The summed E-state index contributed by atoms with van der Waals surface area (Å²) in [5.74, 6) is -0.458. The molecule has 0 radical (unpaired) electrons. The van der Waals surface area contributed by atoms with Crippen LogP contribution in [0.4, 0.5) is 4.39 Å². The molecule has 0 saturated carbocycles. The normalized spacial score (nSPS) is 11.2. The van der Waals surface area contributed by atoms with Gasteiger partial charge in [-0.15, -0.1) is 0 Å². The Balaban J connectivity index is 2.45. The van der Waals surface area contributed by atoms with Crippen molar-refractivity contribution < 1.29 is 14.3 Å². The van der Waals surface area contributed by atoms with Crippen LogP contribution in [0, 0.1) is 5.82 Å². The fourth-order valence-electron chi connectivity index (χ4n) is 1.73. The molecule has 2 rings (SSSR count). The second-order valence-corrected chi connectivity index (χ2v) is 6.76. The van der Waals surface area contributed by atoms with E-state index in [-0.39, 0.29) is 11.6 Å². The standard InChI is InChI=1S/C12H12BrFN2O2S2/c1-19-3-2-16-10-4-7(13)8(14)5-9(10)15-12(16)20-6-11(17)18/h4-5H,2-3,6H2,1H3,(H,17,18). The molecular weight excluding hydrogens is 367 g/mol. The highest BCUT2D eigenvalue weighted by Crippen LogP contribution is 2.28. The number of hydrogen-bond donors (Lipinski definition) is 1. The fraction of sp³-hybridized carbons (Fsp3) is 0.333. The van der Waals surface area contributed by atoms with Gasteiger partial charge in [0.25, 0.3) is 0 Å². The smallest absolute Gasteiger partial charge is 0.313 e. The lowest BCUT2D eigenvalue weighted by Gasteiger charge is -2.07. The SMILES string of the molecule is CSCCn1c(SCC(=O)O)nc2cc(F)c(Br)cc21. The van der Waals surface area contributed by atoms with Crippen molar-refractivity contribution in [3.05, 3.63) is 22.4 Å². The largest absolute Gasteiger partial charge is 0.481 e. The minimum Gasteiger partial charge on any atom is -0.481 e. The molecule has 0 spiro atoms. The quantitative estimate of drug-likeness (QED) is 0.779. The first-order valence-electron chi connectivity index (χ1n) is 5.71. The summed E-state index contributed by atoms with van der Waals surface area (Å²) in [4.78, 5) is 15.0. The van der Waals surface area contributed by atoms with Crippen LogP contribution < -0.4 is 0 Å². The fourth-order valence-corrected chi connectivity index (χ4v) is 3.19. The van der Waals surface area contributed by atoms with Gasteiger partial charge in [0.2, 0.25) is 0 Å². The van der Waals surface area contributed by atoms with Crippen LogP contribution in [-0.2, 0) is 11.3 Å². The van der Waals surface area contributed by atoms with Crippen LogP contribution in [0.5, 0.6) is 0 Å². The molecule has 1 heterocycles. The molecule has 0 aliphatic heterocycles. The third kappa shape index (κ3) is 3.48. The number of aliphatic carboxylic acids is 1. The average Bonchev–Trinajstić information content (AvgIpc) is 2.72. The van der Waals surface area contributed by atoms with E-state index in [4.69, 9.17) is 5.11 Å². The van der Waals surface area contributed by atoms with Crippen LogP contribution in [0.2, 0.25) is 0 Å². The van der Waals surface area contributed by atoms with Gasteiger partial charge < -0.3 is 9.67 Å². The number of rotatable bonds is 6. The lowest BCUT2D eigenvalue weighted by Crippen LogP contribution is -2.05. The number of benzene rings is 1. The summed E-state index contributed by atoms with van der Waals surface area (Å²) in [6.07, 6.45) is 2.00. The Bertz CT molecular complexity index is 648. The maximum absolute atomic E-state index is 13.6. The molecule has 0 atom stereocenters. The summed E-state index contributed by atoms with van der Waals surface area (Å²) < 4.78 is 15.9. The summed E-state index contributed by atoms with van der Waals surface area (Å²) in [6, 6.07) is 3.04. The van der Waals surface area contributed by atoms with Crippen LogP contribution in [0.25, 0.3) is 11.0 Å². The lowest BCUT2D eigenvalue weighted by molar-refractivity contribution is -0.133. The highest BCUT2D eigenvalue weighted by atomic mass is 79.9. The van der Waals surface area contributed by atoms with Crippen molar-refractivity contribution in [2.75, 3.05) is 17.8 Å². The third-order valence-corrected chi connectivity index (χ3v) is 4.76. The average molecular weight is 379 g/mol. The van der Waals surface area contributed by atoms with Crippen LogP contribution in [0.3, 0.4) is 0 Å². The molecule has 20 heavy (non-hydrogen) atoms. The topological polar surface area (TPSA) is 55.1 Å². The van der Waals surface area contributed by atoms with Gasteiger partial charge in [0, 0.05) is 18.4 Å². The van der Waals surface area contributed by atoms with Crippen LogP contribution in [0.15, 0.2) is 21.8 Å². The van der Waals surface area contributed by atoms with E-state index in [0.717, 1.165) is 23.0 Å². The van der Waals surface area contributed by atoms with E-state index < -0.39 is 5.97 Å². The molecule has 1 aromatic heterocycles. The second-order valence-electron chi connectivity index (χ2n) is 3.98. The molecule has 0 saturated heterocycles. The van der Waals surface area contributed by atoms with Gasteiger partial charge in [-0.05, 0) is 28.3 Å². The first-order valence-corrected chi connectivity index (χ1v) is 8.89. The molecule has 108 valence electrons. The van der Waals surface area contributed by atoms with Crippen LogP contribution in [-0.4, -0.2) is 38.4 Å². The number of thioether (sulfide) groups is 2. The predicted molar refractivity (Wildman–Crippen MR) is 84.1 cm³/mol. The number of imidazole rings is 1. The maximum atomic E-state index is 13.6. The Morgan fingerprint density at radius 3 is 2.95 bits per heavy atom. The molecule has 0 fully saturated rings. The number of aromatic nitrogens is 2. The van der Waals surface area contributed by atoms with Crippen LogP contribution >= 0.6 is 39.5 Å². The first-order chi connectivity index (χ1) is 9.52. The molecule has 0 aliphatic carbocycles. The van der Waals surface area contributed by atoms with Crippen LogP contribution in [0.1, 0.15) is 0 Å². The molecule has 4 nitrogen and oxygen atoms in total. The minimum atomic E-state index is -0.897. The number of carboxylic acid groups (broad SMARTS) is 1. The van der Waals surface area contributed by atoms with E-state index in [9.17, 15) is 9.18 Å². The maximum Gasteiger partial charge on any atom is 0.313 e. The van der Waals surface area contributed by atoms with E-state index in [0.29, 0.717) is 21.7 Å². The molecule has 0 bridgehead atoms. The molecule has 1 aromatic carbocycles. The predicted octanol–water partition coefficient (Wildman–Crippen LogP) is 3.48. The van der Waals surface area contributed by atoms with E-state index in [2.05, 4.69) is 20.9 Å². The van der Waals surface area contributed by atoms with Crippen molar-refractivity contribution in [2.24, 2.45) is 0 Å². The molecule has 0 aliphatic rings. The number of aryl methyl sites for hydroxylation is 1. The Labute approximate surface area is 132 Å². The Hall–Kier alpha value is -0.730. The molecule has 8 heteroatoms. The molecular formula is C12H12BrFN2O2S2. The van der Waals surface area contributed by atoms with E-state index >= 15 is 0 Å². The molecule has 2 aromatic rings. The van der Waals surface area contributed by atoms with Gasteiger partial charge in [-0.1, -0.05) is 11.8 Å². The third-order valence-electron chi connectivity index (χ3n) is 2.60.